The normalized spacial score (nSPS) is 14.4. The van der Waals surface area contributed by atoms with Crippen molar-refractivity contribution in [2.24, 2.45) is 0 Å². The molecule has 0 spiro atoms. The third-order valence-electron chi connectivity index (χ3n) is 7.11. The summed E-state index contributed by atoms with van der Waals surface area (Å²) in [7, 11) is 3.13. The fourth-order valence-electron chi connectivity index (χ4n) is 4.87. The summed E-state index contributed by atoms with van der Waals surface area (Å²) in [6.07, 6.45) is 3.48. The lowest BCUT2D eigenvalue weighted by Crippen LogP contribution is -2.42. The van der Waals surface area contributed by atoms with Gasteiger partial charge in [-0.25, -0.2) is 4.98 Å². The molecule has 0 aliphatic carbocycles. The zero-order valence-corrected chi connectivity index (χ0v) is 24.6. The summed E-state index contributed by atoms with van der Waals surface area (Å²) in [4.78, 5) is 33.3. The van der Waals surface area contributed by atoms with Crippen molar-refractivity contribution in [3.8, 4) is 28.4 Å². The van der Waals surface area contributed by atoms with Crippen LogP contribution in [0.1, 0.15) is 28.8 Å². The number of amides is 2. The van der Waals surface area contributed by atoms with Crippen molar-refractivity contribution in [2.45, 2.75) is 25.9 Å². The second-order valence-corrected chi connectivity index (χ2v) is 10.5. The highest BCUT2D eigenvalue weighted by atomic mass is 35.5. The Bertz CT molecular complexity index is 1550. The lowest BCUT2D eigenvalue weighted by molar-refractivity contribution is -0.117. The molecule has 1 saturated heterocycles. The molecule has 1 aliphatic heterocycles. The molecule has 0 saturated carbocycles. The number of aryl methyl sites for hydroxylation is 1. The minimum Gasteiger partial charge on any atom is -0.493 e. The minimum absolute atomic E-state index is 0.113. The fourth-order valence-corrected chi connectivity index (χ4v) is 5.00. The summed E-state index contributed by atoms with van der Waals surface area (Å²) in [6, 6.07) is 20.0. The van der Waals surface area contributed by atoms with Crippen molar-refractivity contribution < 1.29 is 23.8 Å². The van der Waals surface area contributed by atoms with E-state index < -0.39 is 0 Å². The Morgan fingerprint density at radius 1 is 1.05 bits per heavy atom. The first-order chi connectivity index (χ1) is 20.3. The number of methoxy groups -OCH3 is 2. The monoisotopic (exact) mass is 588 g/mol. The van der Waals surface area contributed by atoms with Gasteiger partial charge in [-0.05, 0) is 56.2 Å². The number of hydrogen-bond acceptors (Lipinski definition) is 6. The summed E-state index contributed by atoms with van der Waals surface area (Å²) in [5.41, 5.74) is 3.71. The lowest BCUT2D eigenvalue weighted by atomic mass is 10.1. The van der Waals surface area contributed by atoms with Crippen molar-refractivity contribution in [2.75, 3.05) is 39.2 Å². The van der Waals surface area contributed by atoms with Gasteiger partial charge in [0, 0.05) is 41.6 Å². The first-order valence-corrected chi connectivity index (χ1v) is 14.1. The average Bonchev–Trinajstić information content (AvgIpc) is 3.67. The smallest absolute Gasteiger partial charge is 0.254 e. The highest BCUT2D eigenvalue weighted by Crippen LogP contribution is 2.32. The van der Waals surface area contributed by atoms with E-state index in [1.807, 2.05) is 43.5 Å². The van der Waals surface area contributed by atoms with Gasteiger partial charge in [-0.15, -0.1) is 0 Å². The van der Waals surface area contributed by atoms with E-state index >= 15 is 0 Å². The molecular weight excluding hydrogens is 556 g/mol. The van der Waals surface area contributed by atoms with E-state index in [1.165, 1.54) is 0 Å². The molecule has 3 aromatic carbocycles. The zero-order chi connectivity index (χ0) is 29.6. The van der Waals surface area contributed by atoms with E-state index in [-0.39, 0.29) is 30.4 Å². The Morgan fingerprint density at radius 3 is 2.45 bits per heavy atom. The minimum atomic E-state index is -0.386. The molecule has 0 unspecified atom stereocenters. The zero-order valence-electron chi connectivity index (χ0n) is 23.8. The second-order valence-electron chi connectivity index (χ2n) is 10.1. The van der Waals surface area contributed by atoms with Gasteiger partial charge in [0.25, 0.3) is 5.91 Å². The molecule has 1 N–H and O–H groups in total. The highest BCUT2D eigenvalue weighted by Gasteiger charge is 2.26. The van der Waals surface area contributed by atoms with E-state index in [0.29, 0.717) is 46.6 Å². The van der Waals surface area contributed by atoms with Crippen LogP contribution in [-0.4, -0.2) is 66.3 Å². The molecule has 5 rings (SSSR count). The van der Waals surface area contributed by atoms with Crippen LogP contribution in [0.15, 0.2) is 72.9 Å². The maximum Gasteiger partial charge on any atom is 0.254 e. The number of hydrogen-bond donors (Lipinski definition) is 1. The predicted molar refractivity (Wildman–Crippen MR) is 162 cm³/mol. The molecule has 9 nitrogen and oxygen atoms in total. The quantitative estimate of drug-likeness (QED) is 0.252. The van der Waals surface area contributed by atoms with Gasteiger partial charge in [-0.3, -0.25) is 19.5 Å². The number of ether oxygens (including phenoxy) is 3. The first kappa shape index (κ1) is 29.2. The van der Waals surface area contributed by atoms with Crippen LogP contribution in [0.5, 0.6) is 11.5 Å². The number of nitrogens with zero attached hydrogens (tertiary/aromatic N) is 3. The Balaban J connectivity index is 1.44. The molecule has 10 heteroatoms. The van der Waals surface area contributed by atoms with Gasteiger partial charge in [0.05, 0.1) is 31.7 Å². The number of rotatable bonds is 10. The number of aromatic nitrogens is 2. The molecule has 2 amide bonds. The molecule has 0 radical (unpaired) electrons. The number of nitrogens with one attached hydrogen (secondary N) is 1. The summed E-state index contributed by atoms with van der Waals surface area (Å²) in [6.45, 7) is 2.77. The van der Waals surface area contributed by atoms with Crippen LogP contribution in [0.2, 0.25) is 5.02 Å². The molecule has 218 valence electrons. The van der Waals surface area contributed by atoms with Crippen molar-refractivity contribution in [3.05, 3.63) is 89.1 Å². The fraction of sp³-hybridized carbons (Fsp3) is 0.281. The van der Waals surface area contributed by atoms with Crippen LogP contribution in [-0.2, 0) is 9.53 Å². The Kier molecular flexibility index (Phi) is 9.09. The maximum atomic E-state index is 13.5. The van der Waals surface area contributed by atoms with Crippen molar-refractivity contribution in [1.82, 2.24) is 14.5 Å². The number of carbonyl (C=O) groups excluding carboxylic acids is 2. The SMILES string of the molecule is COc1ccc(-n2cc(-c3ccc(Cl)cc3)nc2NC(=O)CN(C[C@H]2CCCO2)C(=O)c2ccc(C)cc2)cc1OC. The third kappa shape index (κ3) is 6.75. The molecule has 2 heterocycles. The predicted octanol–water partition coefficient (Wildman–Crippen LogP) is 5.78. The van der Waals surface area contributed by atoms with Gasteiger partial charge in [-0.1, -0.05) is 41.4 Å². The van der Waals surface area contributed by atoms with E-state index in [1.54, 1.807) is 60.1 Å². The standard InChI is InChI=1S/C32H33ClN4O5/c1-21-6-8-23(9-7-21)31(39)36(18-26-5-4-16-42-26)20-30(38)35-32-34-27(22-10-12-24(33)13-11-22)19-37(32)25-14-15-28(40-2)29(17-25)41-3/h6-15,17,19,26H,4-5,16,18,20H2,1-3H3,(H,34,35,38)/t26-/m1/s1. The van der Waals surface area contributed by atoms with Gasteiger partial charge < -0.3 is 19.1 Å². The Hall–Kier alpha value is -4.34. The number of carbonyl (C=O) groups is 2. The summed E-state index contributed by atoms with van der Waals surface area (Å²) < 4.78 is 18.4. The largest absolute Gasteiger partial charge is 0.493 e. The van der Waals surface area contributed by atoms with E-state index in [9.17, 15) is 9.59 Å². The lowest BCUT2D eigenvalue weighted by Gasteiger charge is -2.25. The van der Waals surface area contributed by atoms with Crippen molar-refractivity contribution in [3.63, 3.8) is 0 Å². The number of benzene rings is 3. The summed E-state index contributed by atoms with van der Waals surface area (Å²) in [5.74, 6) is 0.774. The second kappa shape index (κ2) is 13.1. The summed E-state index contributed by atoms with van der Waals surface area (Å²) >= 11 is 6.10. The molecule has 4 aromatic rings. The average molecular weight is 589 g/mol. The molecular formula is C32H33ClN4O5. The van der Waals surface area contributed by atoms with Crippen LogP contribution in [0.4, 0.5) is 5.95 Å². The van der Waals surface area contributed by atoms with Gasteiger partial charge in [0.2, 0.25) is 11.9 Å². The molecule has 1 aliphatic rings. The van der Waals surface area contributed by atoms with Gasteiger partial charge >= 0.3 is 0 Å². The van der Waals surface area contributed by atoms with Crippen molar-refractivity contribution >= 4 is 29.4 Å². The van der Waals surface area contributed by atoms with Gasteiger partial charge in [-0.2, -0.15) is 0 Å². The van der Waals surface area contributed by atoms with Crippen LogP contribution in [0, 0.1) is 6.92 Å². The first-order valence-electron chi connectivity index (χ1n) is 13.7. The van der Waals surface area contributed by atoms with Crippen molar-refractivity contribution in [1.29, 1.82) is 0 Å². The topological polar surface area (TPSA) is 94.9 Å². The number of anilines is 1. The van der Waals surface area contributed by atoms with Crippen LogP contribution >= 0.6 is 11.6 Å². The molecule has 1 aromatic heterocycles. The van der Waals surface area contributed by atoms with Gasteiger partial charge in [0.15, 0.2) is 11.5 Å². The molecule has 1 atom stereocenters. The number of halogens is 1. The van der Waals surface area contributed by atoms with Crippen LogP contribution < -0.4 is 14.8 Å². The van der Waals surface area contributed by atoms with E-state index in [2.05, 4.69) is 5.32 Å². The maximum absolute atomic E-state index is 13.5. The molecule has 1 fully saturated rings. The third-order valence-corrected chi connectivity index (χ3v) is 7.36. The Labute approximate surface area is 250 Å². The Morgan fingerprint density at radius 2 is 1.79 bits per heavy atom. The summed E-state index contributed by atoms with van der Waals surface area (Å²) in [5, 5.41) is 3.54. The molecule has 0 bridgehead atoms. The number of imidazole rings is 1. The van der Waals surface area contributed by atoms with Crippen LogP contribution in [0.25, 0.3) is 16.9 Å². The molecule has 42 heavy (non-hydrogen) atoms. The van der Waals surface area contributed by atoms with Gasteiger partial charge in [0.1, 0.15) is 6.54 Å². The van der Waals surface area contributed by atoms with Crippen LogP contribution in [0.3, 0.4) is 0 Å². The van der Waals surface area contributed by atoms with E-state index in [0.717, 1.165) is 24.0 Å². The van der Waals surface area contributed by atoms with E-state index in [4.69, 9.17) is 30.8 Å². The highest BCUT2D eigenvalue weighted by molar-refractivity contribution is 6.30.